The van der Waals surface area contributed by atoms with Crippen molar-refractivity contribution in [1.29, 1.82) is 0 Å². The minimum absolute atomic E-state index is 0.0718. The van der Waals surface area contributed by atoms with Gasteiger partial charge in [0.2, 0.25) is 0 Å². The third-order valence-electron chi connectivity index (χ3n) is 4.46. The summed E-state index contributed by atoms with van der Waals surface area (Å²) >= 11 is 7.90. The Bertz CT molecular complexity index is 917. The van der Waals surface area contributed by atoms with Crippen molar-refractivity contribution in [2.24, 2.45) is 0 Å². The lowest BCUT2D eigenvalue weighted by Gasteiger charge is -2.34. The van der Waals surface area contributed by atoms with Crippen molar-refractivity contribution >= 4 is 34.0 Å². The minimum Gasteiger partial charge on any atom is -0.360 e. The molecule has 8 heteroatoms. The van der Waals surface area contributed by atoms with E-state index in [1.807, 2.05) is 28.5 Å². The van der Waals surface area contributed by atoms with Gasteiger partial charge < -0.3 is 14.3 Å². The smallest absolute Gasteiger partial charge is 0.259 e. The molecule has 4 rings (SSSR count). The van der Waals surface area contributed by atoms with Crippen molar-refractivity contribution in [2.75, 3.05) is 31.1 Å². The van der Waals surface area contributed by atoms with E-state index >= 15 is 0 Å². The lowest BCUT2D eigenvalue weighted by atomic mass is 10.0. The second-order valence-corrected chi connectivity index (χ2v) is 7.32. The van der Waals surface area contributed by atoms with E-state index in [9.17, 15) is 4.79 Å². The summed E-state index contributed by atoms with van der Waals surface area (Å²) in [6.07, 6.45) is 1.80. The molecule has 0 atom stereocenters. The number of halogens is 1. The van der Waals surface area contributed by atoms with Crippen LogP contribution in [-0.4, -0.2) is 47.1 Å². The molecule has 1 aliphatic heterocycles. The number of carbonyl (C=O) groups is 1. The zero-order chi connectivity index (χ0) is 18.1. The van der Waals surface area contributed by atoms with Crippen LogP contribution >= 0.6 is 22.9 Å². The number of thiazole rings is 1. The fourth-order valence-electron chi connectivity index (χ4n) is 3.09. The average Bonchev–Trinajstić information content (AvgIpc) is 3.32. The minimum atomic E-state index is -0.0718. The molecule has 1 saturated heterocycles. The number of anilines is 1. The molecule has 3 heterocycles. The van der Waals surface area contributed by atoms with Gasteiger partial charge in [-0.3, -0.25) is 4.79 Å². The topological polar surface area (TPSA) is 62.5 Å². The first-order valence-electron chi connectivity index (χ1n) is 8.30. The quantitative estimate of drug-likeness (QED) is 0.684. The highest BCUT2D eigenvalue weighted by Gasteiger charge is 2.29. The van der Waals surface area contributed by atoms with Crippen LogP contribution in [0.3, 0.4) is 0 Å². The van der Waals surface area contributed by atoms with E-state index in [2.05, 4.69) is 15.0 Å². The second-order valence-electron chi connectivity index (χ2n) is 6.04. The number of rotatable bonds is 3. The van der Waals surface area contributed by atoms with Gasteiger partial charge in [-0.25, -0.2) is 4.98 Å². The zero-order valence-electron chi connectivity index (χ0n) is 14.2. The van der Waals surface area contributed by atoms with Crippen molar-refractivity contribution in [3.8, 4) is 11.3 Å². The molecule has 0 radical (unpaired) electrons. The number of aryl methyl sites for hydroxylation is 1. The van der Waals surface area contributed by atoms with Gasteiger partial charge in [0.25, 0.3) is 5.91 Å². The Kier molecular flexibility index (Phi) is 4.65. The van der Waals surface area contributed by atoms with Gasteiger partial charge in [0.15, 0.2) is 5.13 Å². The van der Waals surface area contributed by atoms with Gasteiger partial charge in [-0.15, -0.1) is 11.3 Å². The molecule has 1 fully saturated rings. The van der Waals surface area contributed by atoms with Gasteiger partial charge in [0.1, 0.15) is 17.0 Å². The number of amides is 1. The molecule has 26 heavy (non-hydrogen) atoms. The largest absolute Gasteiger partial charge is 0.360 e. The van der Waals surface area contributed by atoms with Crippen molar-refractivity contribution in [2.45, 2.75) is 6.92 Å². The summed E-state index contributed by atoms with van der Waals surface area (Å²) < 4.78 is 5.32. The van der Waals surface area contributed by atoms with Crippen LogP contribution in [0.5, 0.6) is 0 Å². The van der Waals surface area contributed by atoms with Gasteiger partial charge in [0, 0.05) is 43.3 Å². The highest BCUT2D eigenvalue weighted by atomic mass is 35.5. The van der Waals surface area contributed by atoms with Crippen molar-refractivity contribution in [3.63, 3.8) is 0 Å². The fraction of sp³-hybridized carbons (Fsp3) is 0.278. The Morgan fingerprint density at radius 2 is 2.00 bits per heavy atom. The zero-order valence-corrected chi connectivity index (χ0v) is 15.8. The summed E-state index contributed by atoms with van der Waals surface area (Å²) in [5, 5.41) is 7.59. The Balaban J connectivity index is 1.56. The van der Waals surface area contributed by atoms with Crippen LogP contribution in [0.15, 0.2) is 40.4 Å². The average molecular weight is 389 g/mol. The summed E-state index contributed by atoms with van der Waals surface area (Å²) in [6, 6.07) is 7.34. The van der Waals surface area contributed by atoms with E-state index in [0.717, 1.165) is 18.2 Å². The third-order valence-corrected chi connectivity index (χ3v) is 5.62. The number of benzene rings is 1. The molecule has 3 aromatic rings. The third kappa shape index (κ3) is 3.08. The maximum absolute atomic E-state index is 13.1. The van der Waals surface area contributed by atoms with E-state index in [0.29, 0.717) is 40.7 Å². The summed E-state index contributed by atoms with van der Waals surface area (Å²) in [6.45, 7) is 4.53. The first kappa shape index (κ1) is 17.1. The SMILES string of the molecule is Cc1onc(-c2ccccc2Cl)c1C(=O)N1CCN(c2nccs2)CC1. The standard InChI is InChI=1S/C18H17ClN4O2S/c1-12-15(16(21-25-12)13-4-2-3-5-14(13)19)17(24)22-7-9-23(10-8-22)18-20-6-11-26-18/h2-6,11H,7-10H2,1H3. The van der Waals surface area contributed by atoms with Crippen LogP contribution in [0.25, 0.3) is 11.3 Å². The van der Waals surface area contributed by atoms with Gasteiger partial charge >= 0.3 is 0 Å². The molecule has 0 spiro atoms. The van der Waals surface area contributed by atoms with E-state index in [1.54, 1.807) is 30.5 Å². The molecule has 0 aliphatic carbocycles. The fourth-order valence-corrected chi connectivity index (χ4v) is 4.01. The molecular formula is C18H17ClN4O2S. The second kappa shape index (κ2) is 7.09. The van der Waals surface area contributed by atoms with Crippen LogP contribution in [0, 0.1) is 6.92 Å². The first-order valence-corrected chi connectivity index (χ1v) is 9.56. The number of piperazine rings is 1. The normalized spacial score (nSPS) is 14.7. The highest BCUT2D eigenvalue weighted by Crippen LogP contribution is 2.32. The highest BCUT2D eigenvalue weighted by molar-refractivity contribution is 7.13. The predicted molar refractivity (Wildman–Crippen MR) is 102 cm³/mol. The molecule has 1 amide bonds. The summed E-state index contributed by atoms with van der Waals surface area (Å²) in [7, 11) is 0. The number of hydrogen-bond acceptors (Lipinski definition) is 6. The molecule has 1 aliphatic rings. The van der Waals surface area contributed by atoms with Crippen molar-refractivity contribution in [3.05, 3.63) is 52.2 Å². The van der Waals surface area contributed by atoms with Crippen molar-refractivity contribution in [1.82, 2.24) is 15.0 Å². The van der Waals surface area contributed by atoms with Crippen LogP contribution in [0.1, 0.15) is 16.1 Å². The molecule has 0 unspecified atom stereocenters. The molecule has 134 valence electrons. The summed E-state index contributed by atoms with van der Waals surface area (Å²) in [5.41, 5.74) is 1.69. The van der Waals surface area contributed by atoms with E-state index in [4.69, 9.17) is 16.1 Å². The van der Waals surface area contributed by atoms with E-state index in [-0.39, 0.29) is 5.91 Å². The Hall–Kier alpha value is -2.38. The molecule has 0 saturated carbocycles. The van der Waals surface area contributed by atoms with Crippen LogP contribution in [0.2, 0.25) is 5.02 Å². The van der Waals surface area contributed by atoms with Gasteiger partial charge in [-0.05, 0) is 13.0 Å². The van der Waals surface area contributed by atoms with Crippen LogP contribution in [-0.2, 0) is 0 Å². The maximum Gasteiger partial charge on any atom is 0.259 e. The predicted octanol–water partition coefficient (Wildman–Crippen LogP) is 3.72. The molecule has 1 aromatic carbocycles. The maximum atomic E-state index is 13.1. The van der Waals surface area contributed by atoms with Crippen molar-refractivity contribution < 1.29 is 9.32 Å². The van der Waals surface area contributed by atoms with Gasteiger partial charge in [-0.1, -0.05) is 35.0 Å². The lowest BCUT2D eigenvalue weighted by molar-refractivity contribution is 0.0745. The Morgan fingerprint density at radius 1 is 1.23 bits per heavy atom. The number of carbonyl (C=O) groups excluding carboxylic acids is 1. The van der Waals surface area contributed by atoms with E-state index < -0.39 is 0 Å². The molecule has 6 nitrogen and oxygen atoms in total. The van der Waals surface area contributed by atoms with Gasteiger partial charge in [-0.2, -0.15) is 0 Å². The Labute approximate surface area is 160 Å². The van der Waals surface area contributed by atoms with E-state index in [1.165, 1.54) is 0 Å². The summed E-state index contributed by atoms with van der Waals surface area (Å²) in [5.74, 6) is 0.435. The molecule has 2 aromatic heterocycles. The Morgan fingerprint density at radius 3 is 2.69 bits per heavy atom. The monoisotopic (exact) mass is 388 g/mol. The number of aromatic nitrogens is 2. The number of hydrogen-bond donors (Lipinski definition) is 0. The summed E-state index contributed by atoms with van der Waals surface area (Å²) in [4.78, 5) is 21.5. The molecule has 0 bridgehead atoms. The molecular weight excluding hydrogens is 372 g/mol. The van der Waals surface area contributed by atoms with Crippen LogP contribution in [0.4, 0.5) is 5.13 Å². The van der Waals surface area contributed by atoms with Crippen LogP contribution < -0.4 is 4.90 Å². The first-order chi connectivity index (χ1) is 12.6. The number of nitrogens with zero attached hydrogens (tertiary/aromatic N) is 4. The lowest BCUT2D eigenvalue weighted by Crippen LogP contribution is -2.49. The molecule has 0 N–H and O–H groups in total. The van der Waals surface area contributed by atoms with Gasteiger partial charge in [0.05, 0.1) is 5.02 Å².